The number of nitrogens with zero attached hydrogens (tertiary/aromatic N) is 1. The maximum absolute atomic E-state index is 12.6. The van der Waals surface area contributed by atoms with Gasteiger partial charge in [-0.15, -0.1) is 0 Å². The Bertz CT molecular complexity index is 848. The molecule has 1 amide bonds. The van der Waals surface area contributed by atoms with Crippen LogP contribution >= 0.6 is 0 Å². The first-order valence-electron chi connectivity index (χ1n) is 7.72. The van der Waals surface area contributed by atoms with Crippen molar-refractivity contribution in [2.24, 2.45) is 0 Å². The lowest BCUT2D eigenvalue weighted by molar-refractivity contribution is -0.126. The molecule has 1 aliphatic heterocycles. The normalized spacial score (nSPS) is 15.0. The molecule has 1 aliphatic rings. The predicted molar refractivity (Wildman–Crippen MR) is 92.3 cm³/mol. The molecule has 3 rings (SSSR count). The van der Waals surface area contributed by atoms with Crippen LogP contribution in [0.2, 0.25) is 0 Å². The van der Waals surface area contributed by atoms with Gasteiger partial charge < -0.3 is 0 Å². The first kappa shape index (κ1) is 15.9. The smallest absolute Gasteiger partial charge is 0.239 e. The molecular formula is C20H17NO3. The molecule has 4 heteroatoms. The van der Waals surface area contributed by atoms with Crippen LogP contribution in [0.25, 0.3) is 5.70 Å². The average molecular weight is 319 g/mol. The van der Waals surface area contributed by atoms with Gasteiger partial charge in [-0.3, -0.25) is 19.3 Å². The van der Waals surface area contributed by atoms with Gasteiger partial charge in [0.05, 0.1) is 17.7 Å². The minimum absolute atomic E-state index is 0.0855. The van der Waals surface area contributed by atoms with Crippen LogP contribution in [0.15, 0.2) is 60.2 Å². The molecule has 0 unspecified atom stereocenters. The van der Waals surface area contributed by atoms with Crippen molar-refractivity contribution in [3.05, 3.63) is 71.3 Å². The number of ketones is 2. The standard InChI is InChI=1S/C20H17NO3/c1-13-8-10-15(11-9-13)20-19(14(2)22)17(23)12-18(24)21(20)16-6-4-3-5-7-16/h3-11H,12H2,1-2H3. The van der Waals surface area contributed by atoms with Gasteiger partial charge in [-0.25, -0.2) is 0 Å². The van der Waals surface area contributed by atoms with Gasteiger partial charge in [-0.1, -0.05) is 48.0 Å². The van der Waals surface area contributed by atoms with E-state index in [1.807, 2.05) is 49.4 Å². The number of allylic oxidation sites excluding steroid dienone is 1. The number of amides is 1. The van der Waals surface area contributed by atoms with Crippen LogP contribution in [-0.4, -0.2) is 17.5 Å². The Hall–Kier alpha value is -3.01. The fourth-order valence-corrected chi connectivity index (χ4v) is 2.87. The van der Waals surface area contributed by atoms with E-state index in [0.29, 0.717) is 16.9 Å². The van der Waals surface area contributed by atoms with E-state index in [4.69, 9.17) is 0 Å². The molecule has 2 aromatic carbocycles. The fraction of sp³-hybridized carbons (Fsp3) is 0.150. The fourth-order valence-electron chi connectivity index (χ4n) is 2.87. The van der Waals surface area contributed by atoms with E-state index in [1.165, 1.54) is 11.8 Å². The molecule has 0 saturated heterocycles. The number of hydrogen-bond donors (Lipinski definition) is 0. The summed E-state index contributed by atoms with van der Waals surface area (Å²) < 4.78 is 0. The van der Waals surface area contributed by atoms with E-state index in [9.17, 15) is 14.4 Å². The Morgan fingerprint density at radius 3 is 2.17 bits per heavy atom. The number of carbonyl (C=O) groups excluding carboxylic acids is 3. The summed E-state index contributed by atoms with van der Waals surface area (Å²) in [6, 6.07) is 16.5. The van der Waals surface area contributed by atoms with Crippen molar-refractivity contribution in [3.63, 3.8) is 0 Å². The van der Waals surface area contributed by atoms with Crippen LogP contribution in [0.3, 0.4) is 0 Å². The second-order valence-electron chi connectivity index (χ2n) is 5.81. The summed E-state index contributed by atoms with van der Waals surface area (Å²) in [5.41, 5.74) is 2.83. The molecule has 0 atom stereocenters. The zero-order valence-electron chi connectivity index (χ0n) is 13.6. The summed E-state index contributed by atoms with van der Waals surface area (Å²) in [6.07, 6.45) is -0.292. The van der Waals surface area contributed by atoms with Crippen molar-refractivity contribution in [2.75, 3.05) is 4.90 Å². The highest BCUT2D eigenvalue weighted by molar-refractivity contribution is 6.35. The molecule has 0 saturated carbocycles. The number of aryl methyl sites for hydroxylation is 1. The number of para-hydroxylation sites is 1. The van der Waals surface area contributed by atoms with Crippen molar-refractivity contribution < 1.29 is 14.4 Å². The molecule has 0 spiro atoms. The van der Waals surface area contributed by atoms with E-state index in [-0.39, 0.29) is 23.7 Å². The molecule has 0 aliphatic carbocycles. The monoisotopic (exact) mass is 319 g/mol. The van der Waals surface area contributed by atoms with Crippen LogP contribution in [0.1, 0.15) is 24.5 Å². The number of carbonyl (C=O) groups is 3. The summed E-state index contributed by atoms with van der Waals surface area (Å²) in [5, 5.41) is 0. The quantitative estimate of drug-likeness (QED) is 0.644. The molecule has 0 fully saturated rings. The second kappa shape index (κ2) is 6.24. The Morgan fingerprint density at radius 1 is 0.958 bits per heavy atom. The van der Waals surface area contributed by atoms with Crippen LogP contribution in [0.5, 0.6) is 0 Å². The molecular weight excluding hydrogens is 302 g/mol. The van der Waals surface area contributed by atoms with E-state index in [1.54, 1.807) is 12.1 Å². The second-order valence-corrected chi connectivity index (χ2v) is 5.81. The van der Waals surface area contributed by atoms with Crippen molar-refractivity contribution in [2.45, 2.75) is 20.3 Å². The SMILES string of the molecule is CC(=O)C1=C(c2ccc(C)cc2)N(c2ccccc2)C(=O)CC1=O. The molecule has 0 aromatic heterocycles. The van der Waals surface area contributed by atoms with Crippen molar-refractivity contribution in [1.29, 1.82) is 0 Å². The van der Waals surface area contributed by atoms with Gasteiger partial charge in [0.2, 0.25) is 5.91 Å². The van der Waals surface area contributed by atoms with Crippen LogP contribution in [0.4, 0.5) is 5.69 Å². The Morgan fingerprint density at radius 2 is 1.58 bits per heavy atom. The van der Waals surface area contributed by atoms with Crippen molar-refractivity contribution in [3.8, 4) is 0 Å². The maximum atomic E-state index is 12.6. The molecule has 0 radical (unpaired) electrons. The zero-order valence-corrected chi connectivity index (χ0v) is 13.6. The van der Waals surface area contributed by atoms with Gasteiger partial charge in [-0.2, -0.15) is 0 Å². The molecule has 24 heavy (non-hydrogen) atoms. The summed E-state index contributed by atoms with van der Waals surface area (Å²) in [5.74, 6) is -1.08. The third-order valence-corrected chi connectivity index (χ3v) is 3.99. The summed E-state index contributed by atoms with van der Waals surface area (Å²) >= 11 is 0. The van der Waals surface area contributed by atoms with Gasteiger partial charge in [0.15, 0.2) is 11.6 Å². The highest BCUT2D eigenvalue weighted by atomic mass is 16.2. The number of hydrogen-bond acceptors (Lipinski definition) is 3. The van der Waals surface area contributed by atoms with Crippen LogP contribution in [-0.2, 0) is 14.4 Å². The zero-order chi connectivity index (χ0) is 17.3. The van der Waals surface area contributed by atoms with E-state index in [0.717, 1.165) is 5.56 Å². The third kappa shape index (κ3) is 2.78. The van der Waals surface area contributed by atoms with Crippen LogP contribution < -0.4 is 4.90 Å². The molecule has 1 heterocycles. The third-order valence-electron chi connectivity index (χ3n) is 3.99. The first-order chi connectivity index (χ1) is 11.5. The minimum atomic E-state index is -0.421. The number of Topliss-reactive ketones (excluding diaryl/α,β-unsaturated/α-hetero) is 2. The van der Waals surface area contributed by atoms with Crippen molar-refractivity contribution in [1.82, 2.24) is 0 Å². The summed E-state index contributed by atoms with van der Waals surface area (Å²) in [4.78, 5) is 38.5. The Kier molecular flexibility index (Phi) is 4.13. The molecule has 0 bridgehead atoms. The lowest BCUT2D eigenvalue weighted by Crippen LogP contribution is -2.38. The van der Waals surface area contributed by atoms with Gasteiger partial charge >= 0.3 is 0 Å². The minimum Gasteiger partial charge on any atom is -0.294 e. The summed E-state index contributed by atoms with van der Waals surface area (Å²) in [6.45, 7) is 3.32. The topological polar surface area (TPSA) is 54.5 Å². The Balaban J connectivity index is 2.29. The summed E-state index contributed by atoms with van der Waals surface area (Å²) in [7, 11) is 0. The van der Waals surface area contributed by atoms with E-state index < -0.39 is 5.78 Å². The Labute approximate surface area is 140 Å². The van der Waals surface area contributed by atoms with E-state index in [2.05, 4.69) is 0 Å². The number of benzene rings is 2. The van der Waals surface area contributed by atoms with E-state index >= 15 is 0 Å². The van der Waals surface area contributed by atoms with Gasteiger partial charge in [-0.05, 0) is 31.5 Å². The van der Waals surface area contributed by atoms with Gasteiger partial charge in [0, 0.05) is 5.69 Å². The average Bonchev–Trinajstić information content (AvgIpc) is 2.55. The maximum Gasteiger partial charge on any atom is 0.239 e. The van der Waals surface area contributed by atoms with Gasteiger partial charge in [0.1, 0.15) is 0 Å². The molecule has 120 valence electrons. The lowest BCUT2D eigenvalue weighted by atomic mass is 9.92. The highest BCUT2D eigenvalue weighted by Gasteiger charge is 2.35. The molecule has 2 aromatic rings. The first-order valence-corrected chi connectivity index (χ1v) is 7.72. The van der Waals surface area contributed by atoms with Crippen LogP contribution in [0, 0.1) is 6.92 Å². The highest BCUT2D eigenvalue weighted by Crippen LogP contribution is 2.34. The predicted octanol–water partition coefficient (Wildman–Crippen LogP) is 3.30. The molecule has 4 nitrogen and oxygen atoms in total. The van der Waals surface area contributed by atoms with Gasteiger partial charge in [0.25, 0.3) is 0 Å². The number of anilines is 1. The van der Waals surface area contributed by atoms with Crippen molar-refractivity contribution >= 4 is 28.9 Å². The molecule has 0 N–H and O–H groups in total. The number of rotatable bonds is 3. The lowest BCUT2D eigenvalue weighted by Gasteiger charge is -2.31. The largest absolute Gasteiger partial charge is 0.294 e.